The number of rotatable bonds is 6. The highest BCUT2D eigenvalue weighted by atomic mass is 32.1. The van der Waals surface area contributed by atoms with Crippen molar-refractivity contribution in [3.05, 3.63) is 51.7 Å². The van der Waals surface area contributed by atoms with Crippen molar-refractivity contribution in [2.24, 2.45) is 5.92 Å². The standard InChI is InChI=1S/C22H28N2O3S/c1-15-6-7-16(20(25)23-10-8-18-5-4-12-28-18)13-19(15)24-21(26)17-9-11-27-22(2,3)14-17/h4-7,12-13,17H,8-11,14H2,1-3H3,(H,23,25)(H,24,26). The first-order valence-corrected chi connectivity index (χ1v) is 10.6. The largest absolute Gasteiger partial charge is 0.376 e. The second kappa shape index (κ2) is 8.88. The van der Waals surface area contributed by atoms with Crippen LogP contribution in [0.5, 0.6) is 0 Å². The highest BCUT2D eigenvalue weighted by Crippen LogP contribution is 2.30. The van der Waals surface area contributed by atoms with Gasteiger partial charge in [-0.3, -0.25) is 9.59 Å². The van der Waals surface area contributed by atoms with Gasteiger partial charge in [0.25, 0.3) is 5.91 Å². The fourth-order valence-electron chi connectivity index (χ4n) is 3.44. The van der Waals surface area contributed by atoms with E-state index in [4.69, 9.17) is 4.74 Å². The smallest absolute Gasteiger partial charge is 0.251 e. The number of hydrogen-bond acceptors (Lipinski definition) is 4. The summed E-state index contributed by atoms with van der Waals surface area (Å²) >= 11 is 1.69. The van der Waals surface area contributed by atoms with Crippen LogP contribution < -0.4 is 10.6 Å². The Morgan fingerprint density at radius 2 is 2.11 bits per heavy atom. The Kier molecular flexibility index (Phi) is 6.52. The van der Waals surface area contributed by atoms with Crippen molar-refractivity contribution in [2.75, 3.05) is 18.5 Å². The van der Waals surface area contributed by atoms with Crippen LogP contribution in [0.1, 0.15) is 47.5 Å². The molecule has 1 aliphatic rings. The molecule has 2 amide bonds. The summed E-state index contributed by atoms with van der Waals surface area (Å²) < 4.78 is 5.70. The molecule has 2 heterocycles. The number of amides is 2. The van der Waals surface area contributed by atoms with E-state index in [9.17, 15) is 9.59 Å². The third kappa shape index (κ3) is 5.42. The minimum Gasteiger partial charge on any atom is -0.376 e. The second-order valence-corrected chi connectivity index (χ2v) is 8.93. The first kappa shape index (κ1) is 20.6. The van der Waals surface area contributed by atoms with Crippen molar-refractivity contribution >= 4 is 28.8 Å². The lowest BCUT2D eigenvalue weighted by Crippen LogP contribution is -2.39. The zero-order valence-electron chi connectivity index (χ0n) is 16.7. The molecule has 3 rings (SSSR count). The van der Waals surface area contributed by atoms with Crippen LogP contribution in [0.15, 0.2) is 35.7 Å². The molecule has 1 unspecified atom stereocenters. The van der Waals surface area contributed by atoms with Gasteiger partial charge in [-0.1, -0.05) is 12.1 Å². The normalized spacial score (nSPS) is 18.5. The molecule has 1 aromatic carbocycles. The lowest BCUT2D eigenvalue weighted by Gasteiger charge is -2.34. The zero-order chi connectivity index (χ0) is 20.1. The van der Waals surface area contributed by atoms with Gasteiger partial charge in [0, 0.05) is 35.2 Å². The van der Waals surface area contributed by atoms with Crippen molar-refractivity contribution in [3.63, 3.8) is 0 Å². The fourth-order valence-corrected chi connectivity index (χ4v) is 4.15. The molecule has 2 N–H and O–H groups in total. The molecule has 0 bridgehead atoms. The molecule has 0 radical (unpaired) electrons. The lowest BCUT2D eigenvalue weighted by atomic mass is 9.87. The molecule has 1 aliphatic heterocycles. The maximum absolute atomic E-state index is 12.7. The summed E-state index contributed by atoms with van der Waals surface area (Å²) in [6.07, 6.45) is 2.23. The number of ether oxygens (including phenoxy) is 1. The molecule has 6 heteroatoms. The van der Waals surface area contributed by atoms with Gasteiger partial charge in [0.2, 0.25) is 5.91 Å². The fraction of sp³-hybridized carbons (Fsp3) is 0.455. The number of thiophene rings is 1. The van der Waals surface area contributed by atoms with E-state index in [1.54, 1.807) is 23.5 Å². The van der Waals surface area contributed by atoms with Crippen molar-refractivity contribution < 1.29 is 14.3 Å². The summed E-state index contributed by atoms with van der Waals surface area (Å²) in [6.45, 7) is 7.14. The summed E-state index contributed by atoms with van der Waals surface area (Å²) in [5.74, 6) is -0.208. The lowest BCUT2D eigenvalue weighted by molar-refractivity contribution is -0.130. The average Bonchev–Trinajstić information content (AvgIpc) is 3.16. The number of anilines is 1. The molecule has 5 nitrogen and oxygen atoms in total. The molecule has 1 aromatic heterocycles. The van der Waals surface area contributed by atoms with Gasteiger partial charge in [0.1, 0.15) is 0 Å². The molecule has 150 valence electrons. The maximum atomic E-state index is 12.7. The number of aryl methyl sites for hydroxylation is 1. The summed E-state index contributed by atoms with van der Waals surface area (Å²) in [7, 11) is 0. The number of hydrogen-bond donors (Lipinski definition) is 2. The quantitative estimate of drug-likeness (QED) is 0.765. The van der Waals surface area contributed by atoms with Gasteiger partial charge < -0.3 is 15.4 Å². The van der Waals surface area contributed by atoms with Gasteiger partial charge in [-0.25, -0.2) is 0 Å². The van der Waals surface area contributed by atoms with E-state index in [1.807, 2.05) is 38.3 Å². The molecule has 2 aromatic rings. The Balaban J connectivity index is 1.60. The predicted octanol–water partition coefficient (Wildman–Crippen LogP) is 4.17. The van der Waals surface area contributed by atoms with Crippen molar-refractivity contribution in [3.8, 4) is 0 Å². The SMILES string of the molecule is Cc1ccc(C(=O)NCCc2cccs2)cc1NC(=O)C1CCOC(C)(C)C1. The van der Waals surface area contributed by atoms with Crippen LogP contribution in [0, 0.1) is 12.8 Å². The van der Waals surface area contributed by atoms with Crippen LogP contribution in [0.4, 0.5) is 5.69 Å². The van der Waals surface area contributed by atoms with E-state index in [0.29, 0.717) is 30.8 Å². The second-order valence-electron chi connectivity index (χ2n) is 7.90. The molecule has 28 heavy (non-hydrogen) atoms. The third-order valence-corrected chi connectivity index (χ3v) is 6.00. The Morgan fingerprint density at radius 1 is 1.29 bits per heavy atom. The Bertz CT molecular complexity index is 830. The van der Waals surface area contributed by atoms with Gasteiger partial charge in [-0.2, -0.15) is 0 Å². The third-order valence-electron chi connectivity index (χ3n) is 5.06. The van der Waals surface area contributed by atoms with Crippen LogP contribution in [0.3, 0.4) is 0 Å². The molecule has 1 atom stereocenters. The minimum absolute atomic E-state index is 0.00488. The number of benzene rings is 1. The predicted molar refractivity (Wildman–Crippen MR) is 113 cm³/mol. The highest BCUT2D eigenvalue weighted by Gasteiger charge is 2.33. The van der Waals surface area contributed by atoms with E-state index in [-0.39, 0.29) is 23.3 Å². The Hall–Kier alpha value is -2.18. The van der Waals surface area contributed by atoms with E-state index >= 15 is 0 Å². The number of carbonyl (C=O) groups is 2. The number of nitrogens with one attached hydrogen (secondary N) is 2. The van der Waals surface area contributed by atoms with Crippen LogP contribution in [0.25, 0.3) is 0 Å². The molecule has 1 fully saturated rings. The van der Waals surface area contributed by atoms with Gasteiger partial charge in [0.15, 0.2) is 0 Å². The van der Waals surface area contributed by atoms with Crippen molar-refractivity contribution in [2.45, 2.75) is 45.6 Å². The van der Waals surface area contributed by atoms with Crippen molar-refractivity contribution in [1.82, 2.24) is 5.32 Å². The first-order valence-electron chi connectivity index (χ1n) is 9.70. The molecule has 0 spiro atoms. The molecule has 1 saturated heterocycles. The van der Waals surface area contributed by atoms with E-state index in [0.717, 1.165) is 18.4 Å². The van der Waals surface area contributed by atoms with Gasteiger partial charge in [-0.15, -0.1) is 11.3 Å². The summed E-state index contributed by atoms with van der Waals surface area (Å²) in [4.78, 5) is 26.4. The topological polar surface area (TPSA) is 67.4 Å². The minimum atomic E-state index is -0.278. The molecular weight excluding hydrogens is 372 g/mol. The van der Waals surface area contributed by atoms with E-state index < -0.39 is 0 Å². The van der Waals surface area contributed by atoms with Crippen LogP contribution >= 0.6 is 11.3 Å². The summed E-state index contributed by atoms with van der Waals surface area (Å²) in [5, 5.41) is 8.00. The first-order chi connectivity index (χ1) is 13.3. The van der Waals surface area contributed by atoms with Gasteiger partial charge in [0.05, 0.1) is 5.60 Å². The number of carbonyl (C=O) groups excluding carboxylic acids is 2. The maximum Gasteiger partial charge on any atom is 0.251 e. The summed E-state index contributed by atoms with van der Waals surface area (Å²) in [5.41, 5.74) is 1.91. The molecule has 0 aliphatic carbocycles. The average molecular weight is 401 g/mol. The van der Waals surface area contributed by atoms with Crippen molar-refractivity contribution in [1.29, 1.82) is 0 Å². The van der Waals surface area contributed by atoms with Crippen LogP contribution in [0.2, 0.25) is 0 Å². The monoisotopic (exact) mass is 400 g/mol. The van der Waals surface area contributed by atoms with Crippen LogP contribution in [-0.2, 0) is 16.0 Å². The zero-order valence-corrected chi connectivity index (χ0v) is 17.5. The van der Waals surface area contributed by atoms with Crippen LogP contribution in [-0.4, -0.2) is 30.6 Å². The highest BCUT2D eigenvalue weighted by molar-refractivity contribution is 7.09. The molecular formula is C22H28N2O3S. The van der Waals surface area contributed by atoms with E-state index in [1.165, 1.54) is 4.88 Å². The Labute approximate surface area is 170 Å². The molecule has 0 saturated carbocycles. The van der Waals surface area contributed by atoms with Gasteiger partial charge in [-0.05, 0) is 69.2 Å². The Morgan fingerprint density at radius 3 is 2.82 bits per heavy atom. The summed E-state index contributed by atoms with van der Waals surface area (Å²) in [6, 6.07) is 9.50. The van der Waals surface area contributed by atoms with Gasteiger partial charge >= 0.3 is 0 Å². The van der Waals surface area contributed by atoms with E-state index in [2.05, 4.69) is 16.7 Å².